The van der Waals surface area contributed by atoms with E-state index >= 15 is 0 Å². The number of benzene rings is 1. The summed E-state index contributed by atoms with van der Waals surface area (Å²) in [6, 6.07) is 11.1. The van der Waals surface area contributed by atoms with Crippen LogP contribution in [-0.4, -0.2) is 41.5 Å². The second kappa shape index (κ2) is 8.98. The number of carbonyl (C=O) groups is 1. The van der Waals surface area contributed by atoms with Crippen molar-refractivity contribution in [2.24, 2.45) is 0 Å². The Morgan fingerprint density at radius 1 is 1.10 bits per heavy atom. The van der Waals surface area contributed by atoms with Crippen LogP contribution in [0.3, 0.4) is 0 Å². The molecule has 1 aliphatic heterocycles. The average molecular weight is 407 g/mol. The highest BCUT2D eigenvalue weighted by atomic mass is 16.5. The van der Waals surface area contributed by atoms with Gasteiger partial charge in [-0.15, -0.1) is 0 Å². The second-order valence-electron chi connectivity index (χ2n) is 7.25. The van der Waals surface area contributed by atoms with Crippen LogP contribution in [0, 0.1) is 0 Å². The van der Waals surface area contributed by atoms with E-state index in [-0.39, 0.29) is 11.9 Å². The molecule has 0 radical (unpaired) electrons. The molecule has 2 aromatic heterocycles. The third-order valence-corrected chi connectivity index (χ3v) is 5.37. The van der Waals surface area contributed by atoms with Crippen molar-refractivity contribution < 1.29 is 18.7 Å². The molecule has 1 unspecified atom stereocenters. The number of carbonyl (C=O) groups excluding carboxylic acids is 1. The van der Waals surface area contributed by atoms with E-state index in [1.165, 1.54) is 0 Å². The number of rotatable bonds is 6. The van der Waals surface area contributed by atoms with Gasteiger partial charge >= 0.3 is 0 Å². The number of para-hydroxylation sites is 1. The van der Waals surface area contributed by atoms with Crippen molar-refractivity contribution in [3.8, 4) is 11.6 Å². The highest BCUT2D eigenvalue weighted by molar-refractivity contribution is 5.94. The summed E-state index contributed by atoms with van der Waals surface area (Å²) >= 11 is 0. The summed E-state index contributed by atoms with van der Waals surface area (Å²) in [5, 5.41) is 0. The number of oxazole rings is 1. The van der Waals surface area contributed by atoms with Gasteiger partial charge in [0.2, 0.25) is 11.8 Å². The van der Waals surface area contributed by atoms with Crippen LogP contribution < -0.4 is 9.47 Å². The molecule has 0 spiro atoms. The van der Waals surface area contributed by atoms with Crippen molar-refractivity contribution >= 4 is 5.91 Å². The molecular formula is C23H25N3O4. The van der Waals surface area contributed by atoms with Gasteiger partial charge in [-0.3, -0.25) is 4.79 Å². The van der Waals surface area contributed by atoms with Gasteiger partial charge in [-0.05, 0) is 31.4 Å². The first-order valence-corrected chi connectivity index (χ1v) is 10.1. The Bertz CT molecular complexity index is 1000. The van der Waals surface area contributed by atoms with Crippen LogP contribution in [0.4, 0.5) is 0 Å². The van der Waals surface area contributed by atoms with E-state index in [4.69, 9.17) is 13.9 Å². The van der Waals surface area contributed by atoms with Gasteiger partial charge in [-0.25, -0.2) is 9.97 Å². The van der Waals surface area contributed by atoms with Crippen molar-refractivity contribution in [1.29, 1.82) is 0 Å². The lowest BCUT2D eigenvalue weighted by Crippen LogP contribution is -2.38. The van der Waals surface area contributed by atoms with Gasteiger partial charge in [0.15, 0.2) is 0 Å². The Labute approximate surface area is 175 Å². The Kier molecular flexibility index (Phi) is 5.97. The van der Waals surface area contributed by atoms with Crippen LogP contribution in [0.1, 0.15) is 52.9 Å². The molecule has 0 aliphatic carbocycles. The predicted molar refractivity (Wildman–Crippen MR) is 111 cm³/mol. The first kappa shape index (κ1) is 19.9. The normalized spacial score (nSPS) is 16.3. The summed E-state index contributed by atoms with van der Waals surface area (Å²) in [4.78, 5) is 23.6. The van der Waals surface area contributed by atoms with E-state index < -0.39 is 0 Å². The minimum absolute atomic E-state index is 0.0701. The second-order valence-corrected chi connectivity index (χ2v) is 7.25. The predicted octanol–water partition coefficient (Wildman–Crippen LogP) is 4.05. The lowest BCUT2D eigenvalue weighted by Gasteiger charge is -2.33. The number of amides is 1. The van der Waals surface area contributed by atoms with Crippen molar-refractivity contribution in [3.05, 3.63) is 71.6 Å². The molecule has 0 saturated carbocycles. The zero-order valence-corrected chi connectivity index (χ0v) is 17.2. The van der Waals surface area contributed by atoms with Crippen molar-refractivity contribution in [2.45, 2.75) is 31.7 Å². The number of piperidine rings is 1. The molecule has 1 amide bonds. The molecular weight excluding hydrogens is 382 g/mol. The summed E-state index contributed by atoms with van der Waals surface area (Å²) in [5.74, 6) is 2.56. The lowest BCUT2D eigenvalue weighted by atomic mass is 10.0. The first-order chi connectivity index (χ1) is 14.7. The zero-order chi connectivity index (χ0) is 20.9. The third-order valence-electron chi connectivity index (χ3n) is 5.37. The molecule has 30 heavy (non-hydrogen) atoms. The number of hydrogen-bond acceptors (Lipinski definition) is 6. The van der Waals surface area contributed by atoms with E-state index in [2.05, 4.69) is 9.97 Å². The largest absolute Gasteiger partial charge is 0.496 e. The molecule has 4 rings (SSSR count). The molecule has 1 fully saturated rings. The van der Waals surface area contributed by atoms with Gasteiger partial charge < -0.3 is 18.8 Å². The maximum Gasteiger partial charge on any atom is 0.256 e. The maximum atomic E-state index is 13.1. The summed E-state index contributed by atoms with van der Waals surface area (Å²) in [5.41, 5.74) is 1.56. The van der Waals surface area contributed by atoms with E-state index in [0.29, 0.717) is 30.3 Å². The van der Waals surface area contributed by atoms with Crippen LogP contribution in [0.5, 0.6) is 11.6 Å². The minimum Gasteiger partial charge on any atom is -0.496 e. The fraction of sp³-hybridized carbons (Fsp3) is 0.348. The quantitative estimate of drug-likeness (QED) is 0.614. The Morgan fingerprint density at radius 2 is 1.97 bits per heavy atom. The van der Waals surface area contributed by atoms with Crippen LogP contribution in [0.25, 0.3) is 0 Å². The van der Waals surface area contributed by atoms with Gasteiger partial charge in [0.25, 0.3) is 5.91 Å². The highest BCUT2D eigenvalue weighted by Gasteiger charge is 2.32. The Morgan fingerprint density at radius 3 is 2.73 bits per heavy atom. The number of pyridine rings is 1. The topological polar surface area (TPSA) is 77.7 Å². The van der Waals surface area contributed by atoms with Crippen LogP contribution >= 0.6 is 0 Å². The molecule has 3 aromatic rings. The molecule has 3 heterocycles. The van der Waals surface area contributed by atoms with Gasteiger partial charge in [0, 0.05) is 30.8 Å². The van der Waals surface area contributed by atoms with E-state index in [1.807, 2.05) is 29.2 Å². The molecule has 1 aliphatic rings. The molecule has 7 heteroatoms. The van der Waals surface area contributed by atoms with Gasteiger partial charge in [-0.1, -0.05) is 18.2 Å². The fourth-order valence-corrected chi connectivity index (χ4v) is 3.82. The van der Waals surface area contributed by atoms with Crippen molar-refractivity contribution in [2.75, 3.05) is 20.8 Å². The van der Waals surface area contributed by atoms with Crippen LogP contribution in [0.15, 0.2) is 53.2 Å². The summed E-state index contributed by atoms with van der Waals surface area (Å²) < 4.78 is 16.6. The number of likely N-dealkylation sites (tertiary alicyclic amines) is 1. The van der Waals surface area contributed by atoms with Gasteiger partial charge in [-0.2, -0.15) is 0 Å². The van der Waals surface area contributed by atoms with E-state index in [9.17, 15) is 4.79 Å². The van der Waals surface area contributed by atoms with E-state index in [1.54, 1.807) is 38.7 Å². The number of methoxy groups -OCH3 is 2. The first-order valence-electron chi connectivity index (χ1n) is 10.1. The average Bonchev–Trinajstić information content (AvgIpc) is 3.27. The molecule has 0 bridgehead atoms. The van der Waals surface area contributed by atoms with Gasteiger partial charge in [0.1, 0.15) is 17.6 Å². The van der Waals surface area contributed by atoms with Crippen LogP contribution in [-0.2, 0) is 6.42 Å². The number of hydrogen-bond donors (Lipinski definition) is 0. The molecule has 1 atom stereocenters. The minimum atomic E-state index is -0.181. The van der Waals surface area contributed by atoms with Crippen LogP contribution in [0.2, 0.25) is 0 Å². The third kappa shape index (κ3) is 4.15. The summed E-state index contributed by atoms with van der Waals surface area (Å²) in [6.45, 7) is 0.666. The smallest absolute Gasteiger partial charge is 0.256 e. The standard InChI is InChI=1S/C23H25N3O4/c1-28-20-9-4-3-7-16(20)13-18-15-25-22(30-18)19-8-5-6-12-26(19)23(27)17-10-11-21(29-2)24-14-17/h3-4,7,9-11,14-15,19H,5-6,8,12-13H2,1-2H3. The molecule has 156 valence electrons. The molecule has 1 saturated heterocycles. The summed E-state index contributed by atoms with van der Waals surface area (Å²) in [7, 11) is 3.21. The lowest BCUT2D eigenvalue weighted by molar-refractivity contribution is 0.0569. The fourth-order valence-electron chi connectivity index (χ4n) is 3.82. The molecule has 7 nitrogen and oxygen atoms in total. The summed E-state index contributed by atoms with van der Waals surface area (Å²) in [6.07, 6.45) is 6.69. The number of aromatic nitrogens is 2. The molecule has 1 aromatic carbocycles. The Balaban J connectivity index is 1.53. The Hall–Kier alpha value is -3.35. The molecule has 0 N–H and O–H groups in total. The highest BCUT2D eigenvalue weighted by Crippen LogP contribution is 2.32. The number of nitrogens with zero attached hydrogens (tertiary/aromatic N) is 3. The SMILES string of the molecule is COc1ccc(C(=O)N2CCCCC2c2ncc(Cc3ccccc3OC)o2)cn1. The van der Waals surface area contributed by atoms with Gasteiger partial charge in [0.05, 0.1) is 26.0 Å². The maximum absolute atomic E-state index is 13.1. The van der Waals surface area contributed by atoms with E-state index in [0.717, 1.165) is 36.3 Å². The zero-order valence-electron chi connectivity index (χ0n) is 17.2. The van der Waals surface area contributed by atoms with Crippen molar-refractivity contribution in [1.82, 2.24) is 14.9 Å². The monoisotopic (exact) mass is 407 g/mol. The number of ether oxygens (including phenoxy) is 2. The van der Waals surface area contributed by atoms with Crippen molar-refractivity contribution in [3.63, 3.8) is 0 Å².